The highest BCUT2D eigenvalue weighted by Crippen LogP contribution is 2.19. The number of nitrogens with one attached hydrogen (secondary N) is 1. The van der Waals surface area contributed by atoms with E-state index in [2.05, 4.69) is 20.7 Å². The van der Waals surface area contributed by atoms with Crippen LogP contribution in [-0.4, -0.2) is 20.8 Å². The zero-order chi connectivity index (χ0) is 14.3. The minimum atomic E-state index is -3.77. The molecule has 0 aliphatic rings. The summed E-state index contributed by atoms with van der Waals surface area (Å²) in [5.41, 5.74) is 0. The van der Waals surface area contributed by atoms with Gasteiger partial charge in [-0.15, -0.1) is 11.6 Å². The molecule has 0 saturated heterocycles. The number of sulfonamides is 1. The van der Waals surface area contributed by atoms with Crippen LogP contribution in [0.3, 0.4) is 0 Å². The summed E-state index contributed by atoms with van der Waals surface area (Å²) in [6.07, 6.45) is 3.51. The number of halogens is 3. The molecule has 1 aromatic rings. The van der Waals surface area contributed by atoms with Crippen LogP contribution >= 0.6 is 27.5 Å². The molecule has 0 heterocycles. The second-order valence-electron chi connectivity index (χ2n) is 4.08. The van der Waals surface area contributed by atoms with E-state index >= 15 is 0 Å². The molecular weight excluding hydrogens is 357 g/mol. The first kappa shape index (κ1) is 16.9. The van der Waals surface area contributed by atoms with Crippen LogP contribution < -0.4 is 4.72 Å². The molecule has 3 nitrogen and oxygen atoms in total. The lowest BCUT2D eigenvalue weighted by Crippen LogP contribution is -2.25. The molecule has 19 heavy (non-hydrogen) atoms. The van der Waals surface area contributed by atoms with Crippen LogP contribution in [0.25, 0.3) is 0 Å². The molecule has 0 saturated carbocycles. The third-order valence-corrected chi connectivity index (χ3v) is 4.79. The largest absolute Gasteiger partial charge is 0.243 e. The van der Waals surface area contributed by atoms with Crippen molar-refractivity contribution >= 4 is 37.6 Å². The Morgan fingerprint density at radius 3 is 2.53 bits per heavy atom. The highest BCUT2D eigenvalue weighted by Gasteiger charge is 2.18. The summed E-state index contributed by atoms with van der Waals surface area (Å²) in [5.74, 6) is -0.139. The van der Waals surface area contributed by atoms with Gasteiger partial charge in [-0.3, -0.25) is 0 Å². The average Bonchev–Trinajstić information content (AvgIpc) is 2.33. The van der Waals surface area contributed by atoms with Gasteiger partial charge in [0.1, 0.15) is 10.7 Å². The Bertz CT molecular complexity index is 510. The fraction of sp³-hybridized carbons (Fsp3) is 0.500. The molecule has 7 heteroatoms. The number of unbranched alkanes of at least 4 members (excludes halogenated alkanes) is 3. The van der Waals surface area contributed by atoms with Gasteiger partial charge < -0.3 is 0 Å². The van der Waals surface area contributed by atoms with Gasteiger partial charge in [0, 0.05) is 16.9 Å². The summed E-state index contributed by atoms with van der Waals surface area (Å²) < 4.78 is 40.2. The molecule has 0 atom stereocenters. The highest BCUT2D eigenvalue weighted by atomic mass is 79.9. The molecule has 1 aromatic carbocycles. The van der Waals surface area contributed by atoms with Gasteiger partial charge in [0.05, 0.1) is 0 Å². The molecule has 0 aromatic heterocycles. The van der Waals surface area contributed by atoms with Crippen molar-refractivity contribution in [3.05, 3.63) is 28.5 Å². The van der Waals surface area contributed by atoms with Gasteiger partial charge in [-0.05, 0) is 31.0 Å². The molecule has 0 fully saturated rings. The zero-order valence-corrected chi connectivity index (χ0v) is 13.5. The molecular formula is C12H16BrClFNO2S. The van der Waals surface area contributed by atoms with E-state index in [-0.39, 0.29) is 4.90 Å². The van der Waals surface area contributed by atoms with Crippen LogP contribution in [0.1, 0.15) is 25.7 Å². The van der Waals surface area contributed by atoms with Crippen LogP contribution in [0.5, 0.6) is 0 Å². The van der Waals surface area contributed by atoms with Crippen molar-refractivity contribution < 1.29 is 12.8 Å². The van der Waals surface area contributed by atoms with Crippen molar-refractivity contribution in [3.8, 4) is 0 Å². The summed E-state index contributed by atoms with van der Waals surface area (Å²) in [7, 11) is -3.77. The molecule has 1 N–H and O–H groups in total. The van der Waals surface area contributed by atoms with Crippen LogP contribution in [0, 0.1) is 5.82 Å². The smallest absolute Gasteiger partial charge is 0.211 e. The third-order valence-electron chi connectivity index (χ3n) is 2.54. The molecule has 0 unspecified atom stereocenters. The van der Waals surface area contributed by atoms with Crippen molar-refractivity contribution in [3.63, 3.8) is 0 Å². The molecule has 0 aliphatic carbocycles. The molecule has 0 spiro atoms. The predicted octanol–water partition coefficient (Wildman–Crippen LogP) is 3.67. The van der Waals surface area contributed by atoms with Gasteiger partial charge in [-0.2, -0.15) is 0 Å². The van der Waals surface area contributed by atoms with E-state index in [4.69, 9.17) is 11.6 Å². The third kappa shape index (κ3) is 5.77. The summed E-state index contributed by atoms with van der Waals surface area (Å²) in [5, 5.41) is 0. The molecule has 0 amide bonds. The molecule has 108 valence electrons. The van der Waals surface area contributed by atoms with E-state index in [1.165, 1.54) is 12.1 Å². The number of benzene rings is 1. The SMILES string of the molecule is O=S(=O)(NCCCCCCCl)c1ccc(Br)cc1F. The number of alkyl halides is 1. The Kier molecular flexibility index (Phi) is 7.28. The van der Waals surface area contributed by atoms with E-state index in [1.54, 1.807) is 0 Å². The van der Waals surface area contributed by atoms with Crippen molar-refractivity contribution in [2.75, 3.05) is 12.4 Å². The molecule has 0 bridgehead atoms. The van der Waals surface area contributed by atoms with Crippen molar-refractivity contribution in [2.24, 2.45) is 0 Å². The van der Waals surface area contributed by atoms with Gasteiger partial charge in [0.15, 0.2) is 0 Å². The predicted molar refractivity (Wildman–Crippen MR) is 78.5 cm³/mol. The maximum atomic E-state index is 13.6. The van der Waals surface area contributed by atoms with Crippen molar-refractivity contribution in [1.29, 1.82) is 0 Å². The van der Waals surface area contributed by atoms with E-state index < -0.39 is 15.8 Å². The second kappa shape index (κ2) is 8.19. The zero-order valence-electron chi connectivity index (χ0n) is 10.3. The second-order valence-corrected chi connectivity index (χ2v) is 7.10. The normalized spacial score (nSPS) is 11.7. The Balaban J connectivity index is 2.52. The van der Waals surface area contributed by atoms with Gasteiger partial charge in [-0.1, -0.05) is 28.8 Å². The Labute approximate surface area is 126 Å². The number of hydrogen-bond donors (Lipinski definition) is 1. The van der Waals surface area contributed by atoms with E-state index in [9.17, 15) is 12.8 Å². The summed E-state index contributed by atoms with van der Waals surface area (Å²) >= 11 is 8.63. The lowest BCUT2D eigenvalue weighted by Gasteiger charge is -2.07. The van der Waals surface area contributed by atoms with E-state index in [1.807, 2.05) is 0 Å². The minimum absolute atomic E-state index is 0.306. The Morgan fingerprint density at radius 2 is 1.89 bits per heavy atom. The fourth-order valence-electron chi connectivity index (χ4n) is 1.55. The first-order valence-corrected chi connectivity index (χ1v) is 8.79. The molecule has 1 rings (SSSR count). The minimum Gasteiger partial charge on any atom is -0.211 e. The highest BCUT2D eigenvalue weighted by molar-refractivity contribution is 9.10. The fourth-order valence-corrected chi connectivity index (χ4v) is 3.20. The number of hydrogen-bond acceptors (Lipinski definition) is 2. The topological polar surface area (TPSA) is 46.2 Å². The van der Waals surface area contributed by atoms with Crippen molar-refractivity contribution in [2.45, 2.75) is 30.6 Å². The summed E-state index contributed by atoms with van der Waals surface area (Å²) in [6.45, 7) is 0.306. The average molecular weight is 373 g/mol. The monoisotopic (exact) mass is 371 g/mol. The Hall–Kier alpha value is -0.170. The first-order valence-electron chi connectivity index (χ1n) is 5.98. The molecule has 0 radical (unpaired) electrons. The van der Waals surface area contributed by atoms with Crippen LogP contribution in [-0.2, 0) is 10.0 Å². The summed E-state index contributed by atoms with van der Waals surface area (Å²) in [6, 6.07) is 3.88. The maximum Gasteiger partial charge on any atom is 0.243 e. The standard InChI is InChI=1S/C12H16BrClFNO2S/c13-10-5-6-12(11(15)9-10)19(17,18)16-8-4-2-1-3-7-14/h5-6,9,16H,1-4,7-8H2. The summed E-state index contributed by atoms with van der Waals surface area (Å²) in [4.78, 5) is -0.323. The van der Waals surface area contributed by atoms with E-state index in [0.717, 1.165) is 25.3 Å². The van der Waals surface area contributed by atoms with Gasteiger partial charge >= 0.3 is 0 Å². The number of rotatable bonds is 8. The maximum absolute atomic E-state index is 13.6. The van der Waals surface area contributed by atoms with Crippen LogP contribution in [0.4, 0.5) is 4.39 Å². The van der Waals surface area contributed by atoms with Crippen molar-refractivity contribution in [1.82, 2.24) is 4.72 Å². The van der Waals surface area contributed by atoms with Crippen LogP contribution in [0.15, 0.2) is 27.6 Å². The van der Waals surface area contributed by atoms with E-state index in [0.29, 0.717) is 23.3 Å². The van der Waals surface area contributed by atoms with Gasteiger partial charge in [0.25, 0.3) is 0 Å². The van der Waals surface area contributed by atoms with Gasteiger partial charge in [0.2, 0.25) is 10.0 Å². The van der Waals surface area contributed by atoms with Gasteiger partial charge in [-0.25, -0.2) is 17.5 Å². The quantitative estimate of drug-likeness (QED) is 0.559. The Morgan fingerprint density at radius 1 is 1.21 bits per heavy atom. The molecule has 0 aliphatic heterocycles. The first-order chi connectivity index (χ1) is 8.97. The lowest BCUT2D eigenvalue weighted by atomic mass is 10.2. The van der Waals surface area contributed by atoms with Crippen LogP contribution in [0.2, 0.25) is 0 Å². The lowest BCUT2D eigenvalue weighted by molar-refractivity contribution is 0.552.